The average molecular weight is 282 g/mol. The Morgan fingerprint density at radius 2 is 2.11 bits per heavy atom. The van der Waals surface area contributed by atoms with Gasteiger partial charge in [-0.05, 0) is 42.5 Å². The van der Waals surface area contributed by atoms with Crippen molar-refractivity contribution >= 4 is 11.8 Å². The van der Waals surface area contributed by atoms with Crippen LogP contribution in [0.3, 0.4) is 0 Å². The maximum atomic E-state index is 9.82. The molecule has 0 saturated heterocycles. The molecule has 0 heterocycles. The van der Waals surface area contributed by atoms with Crippen molar-refractivity contribution < 1.29 is 14.6 Å². The molecular formula is C15H22O3S. The first-order valence-corrected chi connectivity index (χ1v) is 7.77. The standard InChI is InChI=1S/C15H22O3S/c1-17-7-8-18-10-14(16)11-19-15-6-5-12-3-2-4-13(12)9-15/h5-6,9,14,16H,2-4,7-8,10-11H2,1H3. The molecular weight excluding hydrogens is 260 g/mol. The summed E-state index contributed by atoms with van der Waals surface area (Å²) in [4.78, 5) is 1.25. The highest BCUT2D eigenvalue weighted by Crippen LogP contribution is 2.27. The molecule has 0 bridgehead atoms. The molecule has 106 valence electrons. The van der Waals surface area contributed by atoms with Gasteiger partial charge in [0, 0.05) is 17.8 Å². The number of hydrogen-bond donors (Lipinski definition) is 1. The first-order valence-electron chi connectivity index (χ1n) is 6.79. The van der Waals surface area contributed by atoms with Crippen LogP contribution in [0.2, 0.25) is 0 Å². The summed E-state index contributed by atoms with van der Waals surface area (Å²) in [6, 6.07) is 6.66. The fourth-order valence-electron chi connectivity index (χ4n) is 2.24. The molecule has 0 aliphatic heterocycles. The first kappa shape index (κ1) is 14.9. The van der Waals surface area contributed by atoms with Crippen molar-refractivity contribution in [1.82, 2.24) is 0 Å². The van der Waals surface area contributed by atoms with Gasteiger partial charge in [-0.3, -0.25) is 0 Å². The number of aryl methyl sites for hydroxylation is 2. The molecule has 1 aromatic carbocycles. The molecule has 3 nitrogen and oxygen atoms in total. The Kier molecular flexibility index (Phi) is 6.17. The summed E-state index contributed by atoms with van der Waals surface area (Å²) in [5, 5.41) is 9.82. The molecule has 0 fully saturated rings. The fraction of sp³-hybridized carbons (Fsp3) is 0.600. The summed E-state index contributed by atoms with van der Waals surface area (Å²) in [6.45, 7) is 1.49. The van der Waals surface area contributed by atoms with E-state index in [1.54, 1.807) is 18.9 Å². The summed E-state index contributed by atoms with van der Waals surface area (Å²) in [5.74, 6) is 0.672. The van der Waals surface area contributed by atoms with Crippen LogP contribution in [0.1, 0.15) is 17.5 Å². The second-order valence-electron chi connectivity index (χ2n) is 4.82. The number of fused-ring (bicyclic) bond motifs is 1. The number of methoxy groups -OCH3 is 1. The van der Waals surface area contributed by atoms with Gasteiger partial charge in [0.15, 0.2) is 0 Å². The van der Waals surface area contributed by atoms with Gasteiger partial charge in [0.2, 0.25) is 0 Å². The van der Waals surface area contributed by atoms with Gasteiger partial charge in [0.05, 0.1) is 25.9 Å². The SMILES string of the molecule is COCCOCC(O)CSc1ccc2c(c1)CCC2. The maximum absolute atomic E-state index is 9.82. The van der Waals surface area contributed by atoms with Gasteiger partial charge in [-0.25, -0.2) is 0 Å². The van der Waals surface area contributed by atoms with Crippen LogP contribution < -0.4 is 0 Å². The van der Waals surface area contributed by atoms with Gasteiger partial charge in [0.1, 0.15) is 0 Å². The molecule has 0 aromatic heterocycles. The van der Waals surface area contributed by atoms with E-state index in [4.69, 9.17) is 9.47 Å². The van der Waals surface area contributed by atoms with Crippen LogP contribution in [0, 0.1) is 0 Å². The topological polar surface area (TPSA) is 38.7 Å². The Morgan fingerprint density at radius 1 is 1.26 bits per heavy atom. The molecule has 1 N–H and O–H groups in total. The van der Waals surface area contributed by atoms with Crippen molar-refractivity contribution in [2.24, 2.45) is 0 Å². The smallest absolute Gasteiger partial charge is 0.0867 e. The normalized spacial score (nSPS) is 15.5. The molecule has 1 aliphatic carbocycles. The zero-order chi connectivity index (χ0) is 13.5. The van der Waals surface area contributed by atoms with Crippen molar-refractivity contribution in [3.05, 3.63) is 29.3 Å². The molecule has 1 aromatic rings. The minimum Gasteiger partial charge on any atom is -0.390 e. The summed E-state index contributed by atoms with van der Waals surface area (Å²) in [5.41, 5.74) is 2.98. The summed E-state index contributed by atoms with van der Waals surface area (Å²) in [6.07, 6.45) is 3.28. The van der Waals surface area contributed by atoms with Crippen molar-refractivity contribution in [3.8, 4) is 0 Å². The van der Waals surface area contributed by atoms with E-state index < -0.39 is 6.10 Å². The number of rotatable bonds is 8. The Bertz CT molecular complexity index is 395. The molecule has 0 radical (unpaired) electrons. The van der Waals surface area contributed by atoms with Crippen molar-refractivity contribution in [1.29, 1.82) is 0 Å². The second-order valence-corrected chi connectivity index (χ2v) is 5.91. The highest BCUT2D eigenvalue weighted by atomic mass is 32.2. The zero-order valence-corrected chi connectivity index (χ0v) is 12.2. The lowest BCUT2D eigenvalue weighted by atomic mass is 10.1. The quantitative estimate of drug-likeness (QED) is 0.586. The molecule has 1 unspecified atom stereocenters. The highest BCUT2D eigenvalue weighted by molar-refractivity contribution is 7.99. The Morgan fingerprint density at radius 3 is 2.95 bits per heavy atom. The summed E-state index contributed by atoms with van der Waals surface area (Å²) < 4.78 is 10.2. The van der Waals surface area contributed by atoms with E-state index in [-0.39, 0.29) is 0 Å². The molecule has 0 amide bonds. The summed E-state index contributed by atoms with van der Waals surface area (Å²) in [7, 11) is 1.64. The fourth-order valence-corrected chi connectivity index (χ4v) is 3.11. The number of hydrogen-bond acceptors (Lipinski definition) is 4. The van der Waals surface area contributed by atoms with Crippen LogP contribution in [0.4, 0.5) is 0 Å². The number of aliphatic hydroxyl groups is 1. The van der Waals surface area contributed by atoms with E-state index in [0.29, 0.717) is 25.6 Å². The Balaban J connectivity index is 1.70. The highest BCUT2D eigenvalue weighted by Gasteiger charge is 2.12. The van der Waals surface area contributed by atoms with Crippen LogP contribution in [-0.2, 0) is 22.3 Å². The maximum Gasteiger partial charge on any atom is 0.0867 e. The van der Waals surface area contributed by atoms with E-state index in [0.717, 1.165) is 0 Å². The van der Waals surface area contributed by atoms with Gasteiger partial charge < -0.3 is 14.6 Å². The van der Waals surface area contributed by atoms with Gasteiger partial charge in [-0.1, -0.05) is 6.07 Å². The van der Waals surface area contributed by atoms with E-state index in [2.05, 4.69) is 18.2 Å². The average Bonchev–Trinajstić information content (AvgIpc) is 2.89. The van der Waals surface area contributed by atoms with Crippen LogP contribution in [0.15, 0.2) is 23.1 Å². The van der Waals surface area contributed by atoms with Crippen molar-refractivity contribution in [2.75, 3.05) is 32.7 Å². The number of aliphatic hydroxyl groups excluding tert-OH is 1. The van der Waals surface area contributed by atoms with E-state index in [9.17, 15) is 5.11 Å². The van der Waals surface area contributed by atoms with E-state index in [1.807, 2.05) is 0 Å². The first-order chi connectivity index (χ1) is 9.29. The number of thioether (sulfide) groups is 1. The van der Waals surface area contributed by atoms with Crippen LogP contribution in [-0.4, -0.2) is 43.9 Å². The lowest BCUT2D eigenvalue weighted by molar-refractivity contribution is 0.0218. The van der Waals surface area contributed by atoms with Crippen molar-refractivity contribution in [2.45, 2.75) is 30.3 Å². The third kappa shape index (κ3) is 4.80. The number of ether oxygens (including phenoxy) is 2. The summed E-state index contributed by atoms with van der Waals surface area (Å²) >= 11 is 1.70. The molecule has 1 atom stereocenters. The molecule has 19 heavy (non-hydrogen) atoms. The molecule has 4 heteroatoms. The largest absolute Gasteiger partial charge is 0.390 e. The van der Waals surface area contributed by atoms with Crippen LogP contribution in [0.5, 0.6) is 0 Å². The van der Waals surface area contributed by atoms with Gasteiger partial charge in [-0.15, -0.1) is 11.8 Å². The third-order valence-electron chi connectivity index (χ3n) is 3.25. The molecule has 1 aliphatic rings. The van der Waals surface area contributed by atoms with E-state index >= 15 is 0 Å². The van der Waals surface area contributed by atoms with E-state index in [1.165, 1.54) is 35.3 Å². The lowest BCUT2D eigenvalue weighted by Crippen LogP contribution is -2.19. The third-order valence-corrected chi connectivity index (χ3v) is 4.39. The second kappa shape index (κ2) is 7.90. The van der Waals surface area contributed by atoms with Gasteiger partial charge >= 0.3 is 0 Å². The Labute approximate surface area is 119 Å². The minimum atomic E-state index is -0.421. The molecule has 2 rings (SSSR count). The number of benzene rings is 1. The monoisotopic (exact) mass is 282 g/mol. The zero-order valence-electron chi connectivity index (χ0n) is 11.4. The molecule has 0 spiro atoms. The van der Waals surface area contributed by atoms with Crippen molar-refractivity contribution in [3.63, 3.8) is 0 Å². The van der Waals surface area contributed by atoms with Crippen LogP contribution in [0.25, 0.3) is 0 Å². The predicted molar refractivity (Wildman–Crippen MR) is 77.9 cm³/mol. The van der Waals surface area contributed by atoms with Gasteiger partial charge in [-0.2, -0.15) is 0 Å². The lowest BCUT2D eigenvalue weighted by Gasteiger charge is -2.11. The predicted octanol–water partition coefficient (Wildman–Crippen LogP) is 2.29. The Hall–Kier alpha value is -0.550. The van der Waals surface area contributed by atoms with Crippen LogP contribution >= 0.6 is 11.8 Å². The van der Waals surface area contributed by atoms with Gasteiger partial charge in [0.25, 0.3) is 0 Å². The molecule has 0 saturated carbocycles. The minimum absolute atomic E-state index is 0.376.